The number of nitrogens with one attached hydrogen (secondary N) is 1. The zero-order valence-corrected chi connectivity index (χ0v) is 19.3. The van der Waals surface area contributed by atoms with Gasteiger partial charge in [-0.15, -0.1) is 0 Å². The van der Waals surface area contributed by atoms with Crippen LogP contribution in [0.15, 0.2) is 42.5 Å². The van der Waals surface area contributed by atoms with Gasteiger partial charge in [-0.1, -0.05) is 55.8 Å². The second-order valence-corrected chi connectivity index (χ2v) is 9.89. The Labute approximate surface area is 192 Å². The van der Waals surface area contributed by atoms with Crippen molar-refractivity contribution < 1.29 is 9.53 Å². The molecule has 2 bridgehead atoms. The Balaban J connectivity index is 1.24. The molecule has 2 aromatic rings. The number of hydrogen-bond acceptors (Lipinski definition) is 3. The van der Waals surface area contributed by atoms with E-state index in [0.717, 1.165) is 58.2 Å². The number of carbonyl (C=O) groups excluding carboxylic acids is 1. The average molecular weight is 433 g/mol. The molecule has 32 heavy (non-hydrogen) atoms. The van der Waals surface area contributed by atoms with Gasteiger partial charge in [0, 0.05) is 6.54 Å². The number of nitrogens with zero attached hydrogens (tertiary/aromatic N) is 1. The lowest BCUT2D eigenvalue weighted by molar-refractivity contribution is -0.0340. The predicted molar refractivity (Wildman–Crippen MR) is 129 cm³/mol. The van der Waals surface area contributed by atoms with Crippen molar-refractivity contribution in [2.24, 2.45) is 5.92 Å². The van der Waals surface area contributed by atoms with Gasteiger partial charge in [0.25, 0.3) is 0 Å². The SMILES string of the molecule is CCCCc1ccc(-c2ccc3c(c2)CCCC3NC(=O)O[C@@H]2CN3CCC2CC3)cc1. The quantitative estimate of drug-likeness (QED) is 0.618. The monoisotopic (exact) mass is 432 g/mol. The Morgan fingerprint density at radius 2 is 1.84 bits per heavy atom. The first-order valence-electron chi connectivity index (χ1n) is 12.6. The third kappa shape index (κ3) is 4.71. The number of carbonyl (C=O) groups is 1. The van der Waals surface area contributed by atoms with E-state index in [9.17, 15) is 4.79 Å². The number of rotatable bonds is 6. The van der Waals surface area contributed by atoms with Crippen molar-refractivity contribution in [1.82, 2.24) is 10.2 Å². The van der Waals surface area contributed by atoms with Crippen LogP contribution in [0.3, 0.4) is 0 Å². The normalized spacial score (nSPS) is 26.4. The molecule has 0 radical (unpaired) electrons. The van der Waals surface area contributed by atoms with Gasteiger partial charge >= 0.3 is 6.09 Å². The summed E-state index contributed by atoms with van der Waals surface area (Å²) in [5, 5.41) is 3.19. The number of piperidine rings is 3. The minimum absolute atomic E-state index is 0.0535. The van der Waals surface area contributed by atoms with Gasteiger partial charge in [0.15, 0.2) is 0 Å². The maximum atomic E-state index is 12.7. The van der Waals surface area contributed by atoms with E-state index in [4.69, 9.17) is 4.74 Å². The maximum absolute atomic E-state index is 12.7. The highest BCUT2D eigenvalue weighted by atomic mass is 16.6. The van der Waals surface area contributed by atoms with Crippen LogP contribution in [-0.4, -0.2) is 36.7 Å². The molecule has 4 nitrogen and oxygen atoms in total. The number of benzene rings is 2. The minimum atomic E-state index is -0.242. The summed E-state index contributed by atoms with van der Waals surface area (Å²) in [6, 6.07) is 15.8. The predicted octanol–water partition coefficient (Wildman–Crippen LogP) is 5.89. The summed E-state index contributed by atoms with van der Waals surface area (Å²) in [6.07, 6.45) is 8.92. The molecule has 1 amide bonds. The van der Waals surface area contributed by atoms with Crippen LogP contribution in [0, 0.1) is 5.92 Å². The summed E-state index contributed by atoms with van der Waals surface area (Å²) in [4.78, 5) is 15.1. The van der Waals surface area contributed by atoms with Gasteiger partial charge in [-0.3, -0.25) is 4.90 Å². The van der Waals surface area contributed by atoms with Crippen LogP contribution in [0.25, 0.3) is 11.1 Å². The van der Waals surface area contributed by atoms with Crippen LogP contribution < -0.4 is 5.32 Å². The Morgan fingerprint density at radius 1 is 1.06 bits per heavy atom. The highest BCUT2D eigenvalue weighted by molar-refractivity contribution is 5.69. The second kappa shape index (κ2) is 9.66. The molecule has 4 aliphatic rings. The molecular formula is C28H36N2O2. The van der Waals surface area contributed by atoms with Crippen molar-refractivity contribution in [2.75, 3.05) is 19.6 Å². The summed E-state index contributed by atoms with van der Waals surface area (Å²) < 4.78 is 5.88. The molecule has 2 atom stereocenters. The first kappa shape index (κ1) is 21.5. The molecule has 4 heteroatoms. The molecule has 3 fully saturated rings. The van der Waals surface area contributed by atoms with Crippen LogP contribution in [0.2, 0.25) is 0 Å². The number of amides is 1. The Bertz CT molecular complexity index is 931. The Hall–Kier alpha value is -2.33. The lowest BCUT2D eigenvalue weighted by Gasteiger charge is -2.44. The molecule has 1 unspecified atom stereocenters. The summed E-state index contributed by atoms with van der Waals surface area (Å²) in [5.74, 6) is 0.542. The fourth-order valence-electron chi connectivity index (χ4n) is 5.75. The molecule has 0 aromatic heterocycles. The van der Waals surface area contributed by atoms with Crippen LogP contribution in [0.1, 0.15) is 68.2 Å². The van der Waals surface area contributed by atoms with E-state index >= 15 is 0 Å². The molecule has 1 N–H and O–H groups in total. The lowest BCUT2D eigenvalue weighted by atomic mass is 9.85. The van der Waals surface area contributed by atoms with Gasteiger partial charge in [0.2, 0.25) is 0 Å². The third-order valence-electron chi connectivity index (χ3n) is 7.71. The van der Waals surface area contributed by atoms with Crippen molar-refractivity contribution in [1.29, 1.82) is 0 Å². The highest BCUT2D eigenvalue weighted by Crippen LogP contribution is 2.34. The second-order valence-electron chi connectivity index (χ2n) is 9.89. The van der Waals surface area contributed by atoms with Crippen molar-refractivity contribution in [3.63, 3.8) is 0 Å². The lowest BCUT2D eigenvalue weighted by Crippen LogP contribution is -2.52. The summed E-state index contributed by atoms with van der Waals surface area (Å²) in [6.45, 7) is 5.46. The van der Waals surface area contributed by atoms with Crippen molar-refractivity contribution in [3.05, 3.63) is 59.2 Å². The van der Waals surface area contributed by atoms with Gasteiger partial charge in [-0.2, -0.15) is 0 Å². The number of alkyl carbamates (subject to hydrolysis) is 1. The molecule has 3 aliphatic heterocycles. The van der Waals surface area contributed by atoms with Crippen LogP contribution in [0.4, 0.5) is 4.79 Å². The molecule has 0 saturated carbocycles. The fraction of sp³-hybridized carbons (Fsp3) is 0.536. The molecule has 2 aromatic carbocycles. The van der Waals surface area contributed by atoms with Crippen molar-refractivity contribution in [3.8, 4) is 11.1 Å². The first-order valence-corrected chi connectivity index (χ1v) is 12.6. The summed E-state index contributed by atoms with van der Waals surface area (Å²) in [5.41, 5.74) is 6.56. The third-order valence-corrected chi connectivity index (χ3v) is 7.71. The molecule has 3 heterocycles. The number of aryl methyl sites for hydroxylation is 2. The van der Waals surface area contributed by atoms with E-state index < -0.39 is 0 Å². The van der Waals surface area contributed by atoms with E-state index in [2.05, 4.69) is 59.6 Å². The molecule has 1 aliphatic carbocycles. The van der Waals surface area contributed by atoms with E-state index in [-0.39, 0.29) is 18.2 Å². The fourth-order valence-corrected chi connectivity index (χ4v) is 5.75. The molecule has 3 saturated heterocycles. The van der Waals surface area contributed by atoms with Crippen molar-refractivity contribution >= 4 is 6.09 Å². The maximum Gasteiger partial charge on any atom is 0.407 e. The molecular weight excluding hydrogens is 396 g/mol. The summed E-state index contributed by atoms with van der Waals surface area (Å²) in [7, 11) is 0. The van der Waals surface area contributed by atoms with Gasteiger partial charge < -0.3 is 10.1 Å². The average Bonchev–Trinajstić information content (AvgIpc) is 2.83. The standard InChI is InChI=1S/C28H36N2O2/c1-2-3-5-20-8-10-21(11-9-20)23-12-13-25-24(18-23)6-4-7-26(25)29-28(31)32-27-19-30-16-14-22(27)15-17-30/h8-13,18,22,26-27H,2-7,14-17,19H2,1H3,(H,29,31)/t26?,27-/m1/s1. The molecule has 6 rings (SSSR count). The Kier molecular flexibility index (Phi) is 6.49. The van der Waals surface area contributed by atoms with E-state index in [1.807, 2.05) is 0 Å². The zero-order valence-electron chi connectivity index (χ0n) is 19.3. The van der Waals surface area contributed by atoms with Crippen LogP contribution in [-0.2, 0) is 17.6 Å². The van der Waals surface area contributed by atoms with Crippen LogP contribution >= 0.6 is 0 Å². The number of fused-ring (bicyclic) bond motifs is 4. The largest absolute Gasteiger partial charge is 0.445 e. The summed E-state index contributed by atoms with van der Waals surface area (Å²) >= 11 is 0. The molecule has 0 spiro atoms. The van der Waals surface area contributed by atoms with Gasteiger partial charge in [-0.05, 0) is 91.8 Å². The zero-order chi connectivity index (χ0) is 21.9. The number of unbranched alkanes of at least 4 members (excludes halogenated alkanes) is 1. The van der Waals surface area contributed by atoms with Gasteiger partial charge in [-0.25, -0.2) is 4.79 Å². The number of ether oxygens (including phenoxy) is 1. The number of hydrogen-bond donors (Lipinski definition) is 1. The van der Waals surface area contributed by atoms with Gasteiger partial charge in [0.1, 0.15) is 6.10 Å². The highest BCUT2D eigenvalue weighted by Gasteiger charge is 2.37. The van der Waals surface area contributed by atoms with Crippen LogP contribution in [0.5, 0.6) is 0 Å². The van der Waals surface area contributed by atoms with E-state index in [1.165, 1.54) is 40.7 Å². The molecule has 170 valence electrons. The van der Waals surface area contributed by atoms with E-state index in [1.54, 1.807) is 0 Å². The minimum Gasteiger partial charge on any atom is -0.445 e. The van der Waals surface area contributed by atoms with Gasteiger partial charge in [0.05, 0.1) is 6.04 Å². The van der Waals surface area contributed by atoms with Crippen molar-refractivity contribution in [2.45, 2.75) is 70.4 Å². The topological polar surface area (TPSA) is 41.6 Å². The smallest absolute Gasteiger partial charge is 0.407 e. The Morgan fingerprint density at radius 3 is 2.56 bits per heavy atom. The first-order chi connectivity index (χ1) is 15.7. The van der Waals surface area contributed by atoms with E-state index in [0.29, 0.717) is 5.92 Å².